The van der Waals surface area contributed by atoms with Crippen LogP contribution < -0.4 is 0 Å². The van der Waals surface area contributed by atoms with Crippen molar-refractivity contribution in [3.8, 4) is 0 Å². The zero-order valence-electron chi connectivity index (χ0n) is 10.4. The van der Waals surface area contributed by atoms with Gasteiger partial charge in [-0.05, 0) is 24.4 Å². The van der Waals surface area contributed by atoms with E-state index in [9.17, 15) is 4.79 Å². The number of amides is 1. The van der Waals surface area contributed by atoms with Crippen LogP contribution in [0.25, 0.3) is 0 Å². The Bertz CT molecular complexity index is 367. The normalized spacial score (nSPS) is 12.5. The molecule has 1 aromatic heterocycles. The van der Waals surface area contributed by atoms with Gasteiger partial charge in [-0.3, -0.25) is 4.79 Å². The predicted octanol–water partition coefficient (Wildman–Crippen LogP) is 2.74. The van der Waals surface area contributed by atoms with Crippen LogP contribution in [-0.4, -0.2) is 38.8 Å². The molecule has 17 heavy (non-hydrogen) atoms. The lowest BCUT2D eigenvalue weighted by atomic mass is 10.2. The van der Waals surface area contributed by atoms with Crippen LogP contribution in [0.5, 0.6) is 0 Å². The van der Waals surface area contributed by atoms with Gasteiger partial charge in [-0.15, -0.1) is 5.10 Å². The summed E-state index contributed by atoms with van der Waals surface area (Å²) in [5, 5.41) is 4.02. The second kappa shape index (κ2) is 7.06. The number of alkyl halides is 1. The zero-order valence-corrected chi connectivity index (χ0v) is 12.8. The first-order valence-corrected chi connectivity index (χ1v) is 7.46. The molecule has 4 nitrogen and oxygen atoms in total. The number of hydrogen-bond donors (Lipinski definition) is 0. The van der Waals surface area contributed by atoms with Crippen LogP contribution in [-0.2, 0) is 6.42 Å². The molecule has 1 rings (SSSR count). The minimum atomic E-state index is 0.0385. The van der Waals surface area contributed by atoms with Crippen LogP contribution >= 0.6 is 27.5 Å². The third kappa shape index (κ3) is 4.35. The fraction of sp³-hybridized carbons (Fsp3) is 0.727. The van der Waals surface area contributed by atoms with Gasteiger partial charge in [0.1, 0.15) is 4.88 Å². The van der Waals surface area contributed by atoms with E-state index in [2.05, 4.69) is 39.4 Å². The summed E-state index contributed by atoms with van der Waals surface area (Å²) in [4.78, 5) is 15.0. The van der Waals surface area contributed by atoms with Gasteiger partial charge in [0.2, 0.25) is 0 Å². The number of nitrogens with zero attached hydrogens (tertiary/aromatic N) is 3. The molecule has 1 amide bonds. The monoisotopic (exact) mass is 319 g/mol. The molecule has 0 fully saturated rings. The highest BCUT2D eigenvalue weighted by molar-refractivity contribution is 9.09. The van der Waals surface area contributed by atoms with E-state index in [-0.39, 0.29) is 5.91 Å². The van der Waals surface area contributed by atoms with Gasteiger partial charge >= 0.3 is 0 Å². The molecule has 96 valence electrons. The molecule has 6 heteroatoms. The van der Waals surface area contributed by atoms with E-state index in [1.807, 2.05) is 7.05 Å². The molecule has 0 radical (unpaired) electrons. The Morgan fingerprint density at radius 2 is 2.29 bits per heavy atom. The Kier molecular flexibility index (Phi) is 6.05. The molecule has 1 unspecified atom stereocenters. The minimum absolute atomic E-state index is 0.0385. The number of aromatic nitrogens is 2. The molecule has 0 spiro atoms. The molecule has 0 aliphatic rings. The van der Waals surface area contributed by atoms with Gasteiger partial charge in [-0.2, -0.15) is 0 Å². The number of carbonyl (C=O) groups is 1. The molecular weight excluding hydrogens is 302 g/mol. The molecule has 0 N–H and O–H groups in total. The zero-order chi connectivity index (χ0) is 12.8. The first-order valence-electron chi connectivity index (χ1n) is 5.77. The van der Waals surface area contributed by atoms with Gasteiger partial charge < -0.3 is 4.90 Å². The van der Waals surface area contributed by atoms with E-state index >= 15 is 0 Å². The topological polar surface area (TPSA) is 46.1 Å². The lowest BCUT2D eigenvalue weighted by Crippen LogP contribution is -2.28. The van der Waals surface area contributed by atoms with Crippen molar-refractivity contribution in [1.82, 2.24) is 14.5 Å². The maximum Gasteiger partial charge on any atom is 0.267 e. The van der Waals surface area contributed by atoms with Crippen molar-refractivity contribution in [3.05, 3.63) is 10.6 Å². The van der Waals surface area contributed by atoms with Crippen LogP contribution in [0.3, 0.4) is 0 Å². The second-order valence-electron chi connectivity index (χ2n) is 4.09. The third-order valence-corrected chi connectivity index (χ3v) is 3.66. The average Bonchev–Trinajstić information content (AvgIpc) is 2.73. The van der Waals surface area contributed by atoms with Gasteiger partial charge in [0, 0.05) is 18.4 Å². The number of carbonyl (C=O) groups excluding carboxylic acids is 1. The van der Waals surface area contributed by atoms with Crippen molar-refractivity contribution in [3.63, 3.8) is 0 Å². The summed E-state index contributed by atoms with van der Waals surface area (Å²) in [6.45, 7) is 4.90. The highest BCUT2D eigenvalue weighted by Crippen LogP contribution is 2.15. The molecule has 0 bridgehead atoms. The van der Waals surface area contributed by atoms with E-state index in [1.165, 1.54) is 11.5 Å². The van der Waals surface area contributed by atoms with Crippen LogP contribution in [0.4, 0.5) is 0 Å². The molecule has 1 heterocycles. The number of hydrogen-bond acceptors (Lipinski definition) is 4. The Hall–Kier alpha value is -0.490. The average molecular weight is 320 g/mol. The Balaban J connectivity index is 2.64. The quantitative estimate of drug-likeness (QED) is 0.757. The van der Waals surface area contributed by atoms with E-state index in [1.54, 1.807) is 4.90 Å². The van der Waals surface area contributed by atoms with Crippen molar-refractivity contribution < 1.29 is 4.79 Å². The summed E-state index contributed by atoms with van der Waals surface area (Å²) >= 11 is 4.68. The van der Waals surface area contributed by atoms with Crippen LogP contribution in [0.15, 0.2) is 0 Å². The standard InChI is InChI=1S/C11H18BrN3OS/c1-4-5-9-10(17-14-13-9)11(16)15(3)7-6-8(2)12/h8H,4-7H2,1-3H3. The minimum Gasteiger partial charge on any atom is -0.341 e. The second-order valence-corrected chi connectivity index (χ2v) is 6.41. The molecular formula is C11H18BrN3OS. The molecule has 1 atom stereocenters. The molecule has 0 aliphatic heterocycles. The maximum absolute atomic E-state index is 12.2. The Labute approximate surface area is 115 Å². The molecule has 0 saturated heterocycles. The van der Waals surface area contributed by atoms with E-state index in [4.69, 9.17) is 0 Å². The largest absolute Gasteiger partial charge is 0.341 e. The lowest BCUT2D eigenvalue weighted by Gasteiger charge is -2.17. The highest BCUT2D eigenvalue weighted by atomic mass is 79.9. The van der Waals surface area contributed by atoms with Gasteiger partial charge in [0.25, 0.3) is 5.91 Å². The smallest absolute Gasteiger partial charge is 0.267 e. The van der Waals surface area contributed by atoms with Gasteiger partial charge in [0.05, 0.1) is 5.69 Å². The third-order valence-electron chi connectivity index (χ3n) is 2.45. The van der Waals surface area contributed by atoms with Crippen LogP contribution in [0, 0.1) is 0 Å². The van der Waals surface area contributed by atoms with Gasteiger partial charge in [-0.25, -0.2) is 0 Å². The van der Waals surface area contributed by atoms with Crippen molar-refractivity contribution in [2.45, 2.75) is 37.9 Å². The number of halogens is 1. The fourth-order valence-electron chi connectivity index (χ4n) is 1.42. The first-order chi connectivity index (χ1) is 8.06. The molecule has 1 aromatic rings. The van der Waals surface area contributed by atoms with E-state index in [0.717, 1.165) is 31.5 Å². The maximum atomic E-state index is 12.2. The van der Waals surface area contributed by atoms with Gasteiger partial charge in [-0.1, -0.05) is 40.7 Å². The number of aryl methyl sites for hydroxylation is 1. The highest BCUT2D eigenvalue weighted by Gasteiger charge is 2.19. The van der Waals surface area contributed by atoms with E-state index in [0.29, 0.717) is 9.70 Å². The Morgan fingerprint density at radius 1 is 1.59 bits per heavy atom. The summed E-state index contributed by atoms with van der Waals surface area (Å²) in [6.07, 6.45) is 2.74. The molecule has 0 saturated carbocycles. The van der Waals surface area contributed by atoms with Crippen molar-refractivity contribution in [2.24, 2.45) is 0 Å². The Morgan fingerprint density at radius 3 is 2.88 bits per heavy atom. The van der Waals surface area contributed by atoms with Crippen LogP contribution in [0.2, 0.25) is 0 Å². The van der Waals surface area contributed by atoms with Gasteiger partial charge in [0.15, 0.2) is 0 Å². The fourth-order valence-corrected chi connectivity index (χ4v) is 2.33. The van der Waals surface area contributed by atoms with Crippen molar-refractivity contribution in [2.75, 3.05) is 13.6 Å². The summed E-state index contributed by atoms with van der Waals surface area (Å²) in [6, 6.07) is 0. The summed E-state index contributed by atoms with van der Waals surface area (Å²) in [5.74, 6) is 0.0385. The first kappa shape index (κ1) is 14.6. The SMILES string of the molecule is CCCc1nnsc1C(=O)N(C)CCC(C)Br. The predicted molar refractivity (Wildman–Crippen MR) is 73.9 cm³/mol. The van der Waals surface area contributed by atoms with Crippen LogP contribution in [0.1, 0.15) is 42.1 Å². The van der Waals surface area contributed by atoms with Crippen molar-refractivity contribution in [1.29, 1.82) is 0 Å². The summed E-state index contributed by atoms with van der Waals surface area (Å²) in [5.41, 5.74) is 0.834. The number of rotatable bonds is 6. The van der Waals surface area contributed by atoms with E-state index < -0.39 is 0 Å². The molecule has 0 aromatic carbocycles. The molecule has 0 aliphatic carbocycles. The summed E-state index contributed by atoms with van der Waals surface area (Å²) in [7, 11) is 1.83. The lowest BCUT2D eigenvalue weighted by molar-refractivity contribution is 0.0797. The summed E-state index contributed by atoms with van der Waals surface area (Å²) < 4.78 is 3.87. The van der Waals surface area contributed by atoms with Crippen molar-refractivity contribution >= 4 is 33.4 Å².